The van der Waals surface area contributed by atoms with E-state index in [4.69, 9.17) is 9.84 Å². The van der Waals surface area contributed by atoms with E-state index in [2.05, 4.69) is 21.0 Å². The number of hydrogen-bond donors (Lipinski definition) is 3. The molecule has 1 atom stereocenters. The molecule has 0 aliphatic carbocycles. The molecule has 0 aliphatic heterocycles. The Morgan fingerprint density at radius 2 is 2.02 bits per heavy atom. The number of aromatic nitrogens is 3. The lowest BCUT2D eigenvalue weighted by atomic mass is 9.77. The Balaban J connectivity index is 1.51. The van der Waals surface area contributed by atoms with Gasteiger partial charge in [-0.05, 0) is 54.6 Å². The minimum atomic E-state index is -1.07. The SMILES string of the molecule is CSc1c(Oc2ccc(F)c(-c3ncc(C(C)(CC#N)c4cccc(C=CC(=O)O)c4)[nH]3)c2)c(F)cc2[nH]ccc12. The Morgan fingerprint density at radius 3 is 2.78 bits per heavy atom. The molecule has 3 aromatic carbocycles. The third-order valence-corrected chi connectivity index (χ3v) is 7.69. The van der Waals surface area contributed by atoms with Crippen LogP contribution in [0.5, 0.6) is 11.5 Å². The van der Waals surface area contributed by atoms with Crippen LogP contribution in [0.25, 0.3) is 28.4 Å². The summed E-state index contributed by atoms with van der Waals surface area (Å²) >= 11 is 1.34. The van der Waals surface area contributed by atoms with Gasteiger partial charge in [0.25, 0.3) is 0 Å². The number of benzene rings is 3. The van der Waals surface area contributed by atoms with Crippen molar-refractivity contribution in [3.63, 3.8) is 0 Å². The first-order valence-corrected chi connectivity index (χ1v) is 13.7. The van der Waals surface area contributed by atoms with Gasteiger partial charge in [0.05, 0.1) is 22.9 Å². The number of H-pyrrole nitrogens is 2. The van der Waals surface area contributed by atoms with Crippen LogP contribution in [0.3, 0.4) is 0 Å². The highest BCUT2D eigenvalue weighted by Crippen LogP contribution is 2.41. The zero-order chi connectivity index (χ0) is 29.1. The van der Waals surface area contributed by atoms with Crippen LogP contribution in [0.15, 0.2) is 78.0 Å². The molecule has 206 valence electrons. The summed E-state index contributed by atoms with van der Waals surface area (Å²) < 4.78 is 36.0. The quantitative estimate of drug-likeness (QED) is 0.124. The van der Waals surface area contributed by atoms with E-state index in [0.717, 1.165) is 17.0 Å². The lowest BCUT2D eigenvalue weighted by molar-refractivity contribution is -0.131. The molecular formula is C31H24F2N4O3S. The molecule has 0 saturated heterocycles. The average Bonchev–Trinajstić information content (AvgIpc) is 3.64. The Morgan fingerprint density at radius 1 is 1.20 bits per heavy atom. The van der Waals surface area contributed by atoms with E-state index < -0.39 is 23.0 Å². The van der Waals surface area contributed by atoms with Gasteiger partial charge in [-0.1, -0.05) is 24.3 Å². The second-order valence-electron chi connectivity index (χ2n) is 9.51. The minimum absolute atomic E-state index is 0.0423. The largest absolute Gasteiger partial charge is 0.478 e. The number of carboxylic acids is 1. The fourth-order valence-electron chi connectivity index (χ4n) is 4.69. The van der Waals surface area contributed by atoms with Crippen molar-refractivity contribution in [1.29, 1.82) is 5.26 Å². The molecule has 41 heavy (non-hydrogen) atoms. The van der Waals surface area contributed by atoms with Gasteiger partial charge in [-0.25, -0.2) is 18.6 Å². The number of aliphatic carboxylic acids is 1. The van der Waals surface area contributed by atoms with Crippen molar-refractivity contribution in [2.75, 3.05) is 6.26 Å². The minimum Gasteiger partial charge on any atom is -0.478 e. The Bertz CT molecular complexity index is 1840. The predicted octanol–water partition coefficient (Wildman–Crippen LogP) is 7.67. The van der Waals surface area contributed by atoms with Crippen molar-refractivity contribution in [2.45, 2.75) is 23.7 Å². The molecule has 10 heteroatoms. The zero-order valence-electron chi connectivity index (χ0n) is 22.0. The predicted molar refractivity (Wildman–Crippen MR) is 154 cm³/mol. The molecule has 0 amide bonds. The number of rotatable bonds is 9. The molecule has 0 saturated carbocycles. The maximum atomic E-state index is 15.1. The topological polar surface area (TPSA) is 115 Å². The number of imidazole rings is 1. The molecule has 1 unspecified atom stereocenters. The molecule has 2 aromatic heterocycles. The maximum Gasteiger partial charge on any atom is 0.328 e. The molecule has 0 bridgehead atoms. The van der Waals surface area contributed by atoms with Gasteiger partial charge in [0.1, 0.15) is 17.4 Å². The van der Waals surface area contributed by atoms with Crippen LogP contribution in [0.1, 0.15) is 30.2 Å². The summed E-state index contributed by atoms with van der Waals surface area (Å²) in [6.07, 6.45) is 7.68. The average molecular weight is 571 g/mol. The van der Waals surface area contributed by atoms with Crippen LogP contribution >= 0.6 is 11.8 Å². The number of carboxylic acid groups (broad SMARTS) is 1. The van der Waals surface area contributed by atoms with E-state index in [1.165, 1.54) is 42.1 Å². The second-order valence-corrected chi connectivity index (χ2v) is 10.3. The lowest BCUT2D eigenvalue weighted by Gasteiger charge is -2.26. The molecule has 7 nitrogen and oxygen atoms in total. The Labute approximate surface area is 238 Å². The third kappa shape index (κ3) is 5.44. The molecule has 2 heterocycles. The number of carbonyl (C=O) groups is 1. The number of ether oxygens (including phenoxy) is 1. The summed E-state index contributed by atoms with van der Waals surface area (Å²) in [6.45, 7) is 1.85. The summed E-state index contributed by atoms with van der Waals surface area (Å²) in [7, 11) is 0. The van der Waals surface area contributed by atoms with Crippen LogP contribution in [-0.4, -0.2) is 32.3 Å². The fraction of sp³-hybridized carbons (Fsp3) is 0.129. The number of aromatic amines is 2. The van der Waals surface area contributed by atoms with E-state index in [-0.39, 0.29) is 29.3 Å². The standard InChI is InChI=1S/C31H24F2N4O3S/c1-31(11-12-34,19-5-3-4-18(14-19)6-9-27(38)39)26-17-36-30(37-26)22-15-20(7-8-23(22)32)40-28-24(33)16-25-21(10-13-35-25)29(28)41-2/h3-10,13-17,35H,11H2,1-2H3,(H,36,37)(H,38,39). The number of nitrogens with zero attached hydrogens (tertiary/aromatic N) is 2. The smallest absolute Gasteiger partial charge is 0.328 e. The number of hydrogen-bond acceptors (Lipinski definition) is 5. The molecule has 0 fully saturated rings. The first kappa shape index (κ1) is 27.7. The van der Waals surface area contributed by atoms with Gasteiger partial charge in [0.2, 0.25) is 0 Å². The van der Waals surface area contributed by atoms with Crippen molar-refractivity contribution < 1.29 is 23.4 Å². The first-order valence-electron chi connectivity index (χ1n) is 12.5. The van der Waals surface area contributed by atoms with Crippen LogP contribution in [0.4, 0.5) is 8.78 Å². The third-order valence-electron chi connectivity index (χ3n) is 6.88. The van der Waals surface area contributed by atoms with Crippen molar-refractivity contribution in [3.8, 4) is 29.0 Å². The molecule has 0 spiro atoms. The molecule has 3 N–H and O–H groups in total. The second kappa shape index (κ2) is 11.3. The number of nitriles is 1. The van der Waals surface area contributed by atoms with Crippen molar-refractivity contribution in [1.82, 2.24) is 15.0 Å². The molecule has 0 radical (unpaired) electrons. The normalized spacial score (nSPS) is 12.9. The summed E-state index contributed by atoms with van der Waals surface area (Å²) in [5, 5.41) is 19.4. The van der Waals surface area contributed by atoms with E-state index >= 15 is 8.78 Å². The summed E-state index contributed by atoms with van der Waals surface area (Å²) in [5.74, 6) is -1.71. The van der Waals surface area contributed by atoms with E-state index in [9.17, 15) is 10.1 Å². The number of thioether (sulfide) groups is 1. The molecule has 5 aromatic rings. The van der Waals surface area contributed by atoms with Gasteiger partial charge in [-0.3, -0.25) is 0 Å². The van der Waals surface area contributed by atoms with Gasteiger partial charge in [-0.15, -0.1) is 11.8 Å². The highest BCUT2D eigenvalue weighted by Gasteiger charge is 2.31. The Hall–Kier alpha value is -4.88. The lowest BCUT2D eigenvalue weighted by Crippen LogP contribution is -2.23. The molecule has 5 rings (SSSR count). The van der Waals surface area contributed by atoms with Crippen LogP contribution in [0, 0.1) is 23.0 Å². The monoisotopic (exact) mass is 570 g/mol. The van der Waals surface area contributed by atoms with Gasteiger partial charge in [0.15, 0.2) is 11.6 Å². The fourth-order valence-corrected chi connectivity index (χ4v) is 5.41. The van der Waals surface area contributed by atoms with Crippen molar-refractivity contribution in [3.05, 3.63) is 102 Å². The van der Waals surface area contributed by atoms with Crippen molar-refractivity contribution in [2.24, 2.45) is 0 Å². The summed E-state index contributed by atoms with van der Waals surface area (Å²) in [6, 6.07) is 16.7. The van der Waals surface area contributed by atoms with E-state index in [1.54, 1.807) is 30.6 Å². The van der Waals surface area contributed by atoms with Gasteiger partial charge in [-0.2, -0.15) is 5.26 Å². The highest BCUT2D eigenvalue weighted by molar-refractivity contribution is 7.99. The number of fused-ring (bicyclic) bond motifs is 1. The van der Waals surface area contributed by atoms with Crippen LogP contribution in [0.2, 0.25) is 0 Å². The van der Waals surface area contributed by atoms with Crippen LogP contribution < -0.4 is 4.74 Å². The Kier molecular flexibility index (Phi) is 7.64. The maximum absolute atomic E-state index is 15.1. The van der Waals surface area contributed by atoms with Gasteiger partial charge < -0.3 is 19.8 Å². The van der Waals surface area contributed by atoms with E-state index in [0.29, 0.717) is 21.7 Å². The summed E-state index contributed by atoms with van der Waals surface area (Å²) in [5.41, 5.74) is 1.86. The number of halogens is 2. The van der Waals surface area contributed by atoms with Crippen LogP contribution in [-0.2, 0) is 10.2 Å². The van der Waals surface area contributed by atoms with Gasteiger partial charge in [0, 0.05) is 46.5 Å². The molecule has 0 aliphatic rings. The van der Waals surface area contributed by atoms with Crippen molar-refractivity contribution >= 4 is 34.7 Å². The zero-order valence-corrected chi connectivity index (χ0v) is 22.9. The van der Waals surface area contributed by atoms with E-state index in [1.807, 2.05) is 25.3 Å². The number of nitrogens with one attached hydrogen (secondary N) is 2. The first-order chi connectivity index (χ1) is 19.7. The molecular weight excluding hydrogens is 546 g/mol. The highest BCUT2D eigenvalue weighted by atomic mass is 32.2. The summed E-state index contributed by atoms with van der Waals surface area (Å²) in [4.78, 5) is 22.1. The van der Waals surface area contributed by atoms with Gasteiger partial charge >= 0.3 is 5.97 Å².